The second-order valence-corrected chi connectivity index (χ2v) is 10.8. The number of fused-ring (bicyclic) bond motifs is 1. The molecular formula is C31H33ClN6O2. The molecule has 0 radical (unpaired) electrons. The molecule has 8 nitrogen and oxygen atoms in total. The Bertz CT molecular complexity index is 1520. The van der Waals surface area contributed by atoms with Crippen LogP contribution in [0.25, 0.3) is 10.9 Å². The Balaban J connectivity index is 1.15. The fraction of sp³-hybridized carbons (Fsp3) is 0.290. The van der Waals surface area contributed by atoms with E-state index in [4.69, 9.17) is 21.6 Å². The van der Waals surface area contributed by atoms with E-state index in [0.717, 1.165) is 42.4 Å². The SMILES string of the molecule is CN(C)c1nc(NC2CCC(NC(=O)Cc3ccccc3C(=O)Nc3cccc(Cl)c3)CC2)nc2ccccc12. The van der Waals surface area contributed by atoms with Gasteiger partial charge in [0.25, 0.3) is 5.91 Å². The first-order valence-electron chi connectivity index (χ1n) is 13.5. The number of anilines is 3. The third-order valence-corrected chi connectivity index (χ3v) is 7.36. The Morgan fingerprint density at radius 3 is 2.40 bits per heavy atom. The summed E-state index contributed by atoms with van der Waals surface area (Å²) in [6, 6.07) is 22.5. The molecule has 0 saturated heterocycles. The molecule has 5 rings (SSSR count). The maximum Gasteiger partial charge on any atom is 0.255 e. The third kappa shape index (κ3) is 6.69. The Morgan fingerprint density at radius 1 is 0.900 bits per heavy atom. The Labute approximate surface area is 239 Å². The number of aromatic nitrogens is 2. The zero-order valence-electron chi connectivity index (χ0n) is 22.7. The van der Waals surface area contributed by atoms with Crippen LogP contribution < -0.4 is 20.9 Å². The standard InChI is InChI=1S/C31H33ClN6O2/c1-38(2)29-26-12-5-6-13-27(26)36-31(37-29)35-23-16-14-22(15-17-23)33-28(39)18-20-8-3-4-11-25(20)30(40)34-24-10-7-9-21(32)19-24/h3-13,19,22-23H,14-18H2,1-2H3,(H,33,39)(H,34,40)(H,35,36,37). The van der Waals surface area contributed by atoms with E-state index >= 15 is 0 Å². The van der Waals surface area contributed by atoms with Gasteiger partial charge in [-0.1, -0.05) is 48.0 Å². The van der Waals surface area contributed by atoms with Crippen LogP contribution in [0.15, 0.2) is 72.8 Å². The van der Waals surface area contributed by atoms with Gasteiger partial charge in [-0.05, 0) is 67.6 Å². The summed E-state index contributed by atoms with van der Waals surface area (Å²) in [4.78, 5) is 37.4. The molecule has 0 aliphatic heterocycles. The number of rotatable bonds is 8. The van der Waals surface area contributed by atoms with E-state index in [0.29, 0.717) is 27.8 Å². The molecule has 1 saturated carbocycles. The third-order valence-electron chi connectivity index (χ3n) is 7.13. The maximum absolute atomic E-state index is 13.0. The minimum Gasteiger partial charge on any atom is -0.362 e. The second-order valence-electron chi connectivity index (χ2n) is 10.3. The normalized spacial score (nSPS) is 16.8. The smallest absolute Gasteiger partial charge is 0.255 e. The van der Waals surface area contributed by atoms with Crippen LogP contribution in [0.1, 0.15) is 41.6 Å². The van der Waals surface area contributed by atoms with Crippen molar-refractivity contribution in [3.8, 4) is 0 Å². The van der Waals surface area contributed by atoms with Crippen molar-refractivity contribution >= 4 is 51.8 Å². The molecule has 1 fully saturated rings. The highest BCUT2D eigenvalue weighted by atomic mass is 35.5. The van der Waals surface area contributed by atoms with Gasteiger partial charge in [-0.2, -0.15) is 4.98 Å². The van der Waals surface area contributed by atoms with E-state index in [2.05, 4.69) is 16.0 Å². The van der Waals surface area contributed by atoms with Gasteiger partial charge in [-0.25, -0.2) is 4.98 Å². The molecule has 206 valence electrons. The van der Waals surface area contributed by atoms with Crippen LogP contribution in [-0.4, -0.2) is 48.0 Å². The van der Waals surface area contributed by atoms with Crippen molar-refractivity contribution in [1.82, 2.24) is 15.3 Å². The van der Waals surface area contributed by atoms with Crippen LogP contribution in [0.3, 0.4) is 0 Å². The van der Waals surface area contributed by atoms with Gasteiger partial charge in [-0.15, -0.1) is 0 Å². The fourth-order valence-electron chi connectivity index (χ4n) is 5.14. The van der Waals surface area contributed by atoms with Crippen LogP contribution in [0.2, 0.25) is 5.02 Å². The summed E-state index contributed by atoms with van der Waals surface area (Å²) in [5.41, 5.74) is 2.67. The predicted octanol–water partition coefficient (Wildman–Crippen LogP) is 5.68. The van der Waals surface area contributed by atoms with Gasteiger partial charge in [0.05, 0.1) is 11.9 Å². The number of nitrogens with zero attached hydrogens (tertiary/aromatic N) is 3. The summed E-state index contributed by atoms with van der Waals surface area (Å²) in [7, 11) is 3.97. The summed E-state index contributed by atoms with van der Waals surface area (Å²) in [6.07, 6.45) is 3.65. The molecule has 3 N–H and O–H groups in total. The monoisotopic (exact) mass is 556 g/mol. The first kappa shape index (κ1) is 27.4. The number of para-hydroxylation sites is 1. The molecule has 4 aromatic rings. The van der Waals surface area contributed by atoms with E-state index in [1.165, 1.54) is 0 Å². The molecule has 40 heavy (non-hydrogen) atoms. The number of halogens is 1. The molecule has 9 heteroatoms. The lowest BCUT2D eigenvalue weighted by molar-refractivity contribution is -0.121. The van der Waals surface area contributed by atoms with Gasteiger partial charge in [-0.3, -0.25) is 9.59 Å². The fourth-order valence-corrected chi connectivity index (χ4v) is 5.33. The summed E-state index contributed by atoms with van der Waals surface area (Å²) in [5.74, 6) is 1.15. The number of hydrogen-bond acceptors (Lipinski definition) is 6. The summed E-state index contributed by atoms with van der Waals surface area (Å²) in [6.45, 7) is 0. The van der Waals surface area contributed by atoms with Crippen molar-refractivity contribution in [2.75, 3.05) is 29.6 Å². The summed E-state index contributed by atoms with van der Waals surface area (Å²) >= 11 is 6.04. The molecule has 1 aromatic heterocycles. The van der Waals surface area contributed by atoms with Gasteiger partial charge >= 0.3 is 0 Å². The first-order valence-corrected chi connectivity index (χ1v) is 13.9. The Kier molecular flexibility index (Phi) is 8.45. The molecule has 1 aliphatic carbocycles. The Morgan fingerprint density at radius 2 is 1.62 bits per heavy atom. The van der Waals surface area contributed by atoms with Crippen molar-refractivity contribution in [3.63, 3.8) is 0 Å². The van der Waals surface area contributed by atoms with Crippen LogP contribution in [-0.2, 0) is 11.2 Å². The largest absolute Gasteiger partial charge is 0.362 e. The highest BCUT2D eigenvalue weighted by Gasteiger charge is 2.24. The maximum atomic E-state index is 13.0. The minimum absolute atomic E-state index is 0.0899. The van der Waals surface area contributed by atoms with Crippen LogP contribution >= 0.6 is 11.6 Å². The average molecular weight is 557 g/mol. The van der Waals surface area contributed by atoms with E-state index < -0.39 is 0 Å². The van der Waals surface area contributed by atoms with Crippen molar-refractivity contribution in [1.29, 1.82) is 0 Å². The van der Waals surface area contributed by atoms with E-state index in [1.807, 2.05) is 55.4 Å². The zero-order valence-corrected chi connectivity index (χ0v) is 23.4. The summed E-state index contributed by atoms with van der Waals surface area (Å²) < 4.78 is 0. The molecule has 1 aliphatic rings. The molecule has 2 amide bonds. The topological polar surface area (TPSA) is 99.3 Å². The number of amides is 2. The summed E-state index contributed by atoms with van der Waals surface area (Å²) in [5, 5.41) is 11.1. The highest BCUT2D eigenvalue weighted by molar-refractivity contribution is 6.31. The molecular weight excluding hydrogens is 524 g/mol. The van der Waals surface area contributed by atoms with Gasteiger partial charge in [0.1, 0.15) is 5.82 Å². The lowest BCUT2D eigenvalue weighted by Crippen LogP contribution is -2.41. The number of carbonyl (C=O) groups excluding carboxylic acids is 2. The van der Waals surface area contributed by atoms with Gasteiger partial charge in [0, 0.05) is 47.8 Å². The number of nitrogens with one attached hydrogen (secondary N) is 3. The molecule has 0 unspecified atom stereocenters. The minimum atomic E-state index is -0.273. The van der Waals surface area contributed by atoms with Crippen molar-refractivity contribution in [2.24, 2.45) is 0 Å². The van der Waals surface area contributed by atoms with Gasteiger partial charge in [0.2, 0.25) is 11.9 Å². The van der Waals surface area contributed by atoms with Crippen molar-refractivity contribution in [3.05, 3.63) is 88.9 Å². The van der Waals surface area contributed by atoms with E-state index in [-0.39, 0.29) is 30.3 Å². The first-order chi connectivity index (χ1) is 19.4. The molecule has 0 spiro atoms. The lowest BCUT2D eigenvalue weighted by Gasteiger charge is -2.30. The lowest BCUT2D eigenvalue weighted by atomic mass is 9.91. The highest BCUT2D eigenvalue weighted by Crippen LogP contribution is 2.26. The van der Waals surface area contributed by atoms with Gasteiger partial charge in [0.15, 0.2) is 0 Å². The van der Waals surface area contributed by atoms with Crippen LogP contribution in [0, 0.1) is 0 Å². The zero-order chi connectivity index (χ0) is 28.1. The molecule has 0 bridgehead atoms. The van der Waals surface area contributed by atoms with Gasteiger partial charge < -0.3 is 20.9 Å². The van der Waals surface area contributed by atoms with E-state index in [1.54, 1.807) is 36.4 Å². The molecule has 3 aromatic carbocycles. The van der Waals surface area contributed by atoms with Crippen LogP contribution in [0.5, 0.6) is 0 Å². The molecule has 0 atom stereocenters. The average Bonchev–Trinajstić information content (AvgIpc) is 2.94. The number of hydrogen-bond donors (Lipinski definition) is 3. The molecule has 1 heterocycles. The second kappa shape index (κ2) is 12.3. The van der Waals surface area contributed by atoms with Crippen LogP contribution in [0.4, 0.5) is 17.5 Å². The predicted molar refractivity (Wildman–Crippen MR) is 161 cm³/mol. The quantitative estimate of drug-likeness (QED) is 0.258. The number of benzene rings is 3. The van der Waals surface area contributed by atoms with E-state index in [9.17, 15) is 9.59 Å². The Hall–Kier alpha value is -4.17. The van der Waals surface area contributed by atoms with Crippen molar-refractivity contribution in [2.45, 2.75) is 44.2 Å². The van der Waals surface area contributed by atoms with Crippen molar-refractivity contribution < 1.29 is 9.59 Å². The number of carbonyl (C=O) groups is 2.